The van der Waals surface area contributed by atoms with E-state index in [-0.39, 0.29) is 0 Å². The molecule has 0 spiro atoms. The van der Waals surface area contributed by atoms with Crippen LogP contribution in [0.3, 0.4) is 0 Å². The van der Waals surface area contributed by atoms with Gasteiger partial charge in [0.2, 0.25) is 0 Å². The highest BCUT2D eigenvalue weighted by Gasteiger charge is 2.51. The van der Waals surface area contributed by atoms with Crippen molar-refractivity contribution in [3.8, 4) is 0 Å². The molecule has 0 bridgehead atoms. The Kier molecular flexibility index (Phi) is 3.42. The molecule has 1 aliphatic rings. The minimum atomic E-state index is -0.516. The fourth-order valence-corrected chi connectivity index (χ4v) is 1.90. The molecule has 0 radical (unpaired) electrons. The maximum absolute atomic E-state index is 10.8. The average Bonchev–Trinajstić information content (AvgIpc) is 2.57. The molecule has 0 amide bonds. The van der Waals surface area contributed by atoms with Crippen LogP contribution in [0.2, 0.25) is 0 Å². The first-order valence-corrected chi connectivity index (χ1v) is 6.15. The van der Waals surface area contributed by atoms with E-state index >= 15 is 0 Å². The lowest BCUT2D eigenvalue weighted by Gasteiger charge is -2.32. The van der Waals surface area contributed by atoms with E-state index in [1.54, 1.807) is 18.2 Å². The highest BCUT2D eigenvalue weighted by Crippen LogP contribution is 2.36. The molecule has 0 saturated carbocycles. The Bertz CT molecular complexity index is 485. The second-order valence-electron chi connectivity index (χ2n) is 5.66. The summed E-state index contributed by atoms with van der Waals surface area (Å²) >= 11 is 0. The zero-order chi connectivity index (χ0) is 14.3. The number of carbonyl (C=O) groups excluding carboxylic acids is 1. The van der Waals surface area contributed by atoms with Crippen LogP contribution in [0.4, 0.5) is 5.69 Å². The number of nitrogens with one attached hydrogen (secondary N) is 1. The van der Waals surface area contributed by atoms with Crippen LogP contribution in [-0.4, -0.2) is 29.8 Å². The number of anilines is 1. The van der Waals surface area contributed by atoms with E-state index < -0.39 is 18.3 Å². The van der Waals surface area contributed by atoms with E-state index in [4.69, 9.17) is 14.5 Å². The van der Waals surface area contributed by atoms with Gasteiger partial charge in [-0.3, -0.25) is 15.5 Å². The number of aldehydes is 1. The maximum atomic E-state index is 10.8. The van der Waals surface area contributed by atoms with E-state index in [1.165, 1.54) is 0 Å². The highest BCUT2D eigenvalue weighted by atomic mass is 16.7. The molecular weight excluding hydrogens is 245 g/mol. The van der Waals surface area contributed by atoms with Crippen molar-refractivity contribution in [3.63, 3.8) is 0 Å². The zero-order valence-electron chi connectivity index (χ0n) is 11.6. The van der Waals surface area contributed by atoms with Crippen LogP contribution in [0.25, 0.3) is 0 Å². The number of hydrogen-bond donors (Lipinski definition) is 2. The molecule has 5 nitrogen and oxygen atoms in total. The Morgan fingerprint density at radius 1 is 1.21 bits per heavy atom. The molecule has 1 saturated heterocycles. The lowest BCUT2D eigenvalue weighted by Crippen LogP contribution is -2.41. The lowest BCUT2D eigenvalue weighted by molar-refractivity contribution is 0.00578. The predicted octanol–water partition coefficient (Wildman–Crippen LogP) is 1.60. The first kappa shape index (κ1) is 14.1. The smallest absolute Gasteiger partial charge is 0.399 e. The van der Waals surface area contributed by atoms with Gasteiger partial charge >= 0.3 is 7.12 Å². The van der Waals surface area contributed by atoms with Crippen LogP contribution in [0.15, 0.2) is 18.2 Å². The predicted molar refractivity (Wildman–Crippen MR) is 73.0 cm³/mol. The quantitative estimate of drug-likeness (QED) is 0.492. The molecule has 6 heteroatoms. The van der Waals surface area contributed by atoms with Gasteiger partial charge in [0.05, 0.1) is 16.9 Å². The summed E-state index contributed by atoms with van der Waals surface area (Å²) in [4.78, 5) is 10.8. The van der Waals surface area contributed by atoms with Gasteiger partial charge in [-0.1, -0.05) is 6.07 Å². The van der Waals surface area contributed by atoms with Crippen LogP contribution >= 0.6 is 0 Å². The van der Waals surface area contributed by atoms with Gasteiger partial charge in [0, 0.05) is 5.56 Å². The molecule has 1 aromatic carbocycles. The number of rotatable bonds is 3. The lowest BCUT2D eigenvalue weighted by atomic mass is 9.78. The minimum Gasteiger partial charge on any atom is -0.399 e. The standard InChI is InChI=1S/C13H18BNO4/c1-12(2)13(3,4)19-14(18-12)10-6-5-9(8-16)11(7-10)15-17/h5-8,15,17H,1-4H3. The number of hydrogen-bond acceptors (Lipinski definition) is 5. The average molecular weight is 263 g/mol. The van der Waals surface area contributed by atoms with Crippen molar-refractivity contribution >= 4 is 24.6 Å². The van der Waals surface area contributed by atoms with Gasteiger partial charge in [0.15, 0.2) is 6.29 Å². The van der Waals surface area contributed by atoms with E-state index in [1.807, 2.05) is 33.2 Å². The molecule has 1 heterocycles. The van der Waals surface area contributed by atoms with Crippen molar-refractivity contribution in [2.75, 3.05) is 5.48 Å². The van der Waals surface area contributed by atoms with E-state index in [0.29, 0.717) is 17.5 Å². The molecule has 0 aromatic heterocycles. The van der Waals surface area contributed by atoms with Crippen molar-refractivity contribution in [1.29, 1.82) is 0 Å². The van der Waals surface area contributed by atoms with Crippen molar-refractivity contribution < 1.29 is 19.3 Å². The van der Waals surface area contributed by atoms with E-state index in [2.05, 4.69) is 0 Å². The minimum absolute atomic E-state index is 0.335. The molecular formula is C13H18BNO4. The Labute approximate surface area is 113 Å². The molecule has 2 N–H and O–H groups in total. The summed E-state index contributed by atoms with van der Waals surface area (Å²) in [6, 6.07) is 5.02. The van der Waals surface area contributed by atoms with Gasteiger partial charge in [-0.15, -0.1) is 0 Å². The Balaban J connectivity index is 2.32. The summed E-state index contributed by atoms with van der Waals surface area (Å²) in [5, 5.41) is 9.03. The van der Waals surface area contributed by atoms with Crippen LogP contribution < -0.4 is 10.9 Å². The third-order valence-corrected chi connectivity index (χ3v) is 3.85. The summed E-state index contributed by atoms with van der Waals surface area (Å²) in [6.45, 7) is 7.88. The first-order chi connectivity index (χ1) is 8.80. The molecule has 0 atom stereocenters. The summed E-state index contributed by atoms with van der Waals surface area (Å²) in [7, 11) is -0.516. The Hall–Kier alpha value is -1.37. The third kappa shape index (κ3) is 2.39. The fourth-order valence-electron chi connectivity index (χ4n) is 1.90. The van der Waals surface area contributed by atoms with Crippen molar-refractivity contribution in [2.24, 2.45) is 0 Å². The maximum Gasteiger partial charge on any atom is 0.494 e. The van der Waals surface area contributed by atoms with Crippen molar-refractivity contribution in [3.05, 3.63) is 23.8 Å². The molecule has 102 valence electrons. The van der Waals surface area contributed by atoms with E-state index in [9.17, 15) is 4.79 Å². The van der Waals surface area contributed by atoms with Gasteiger partial charge in [-0.2, -0.15) is 0 Å². The molecule has 2 rings (SSSR count). The second-order valence-corrected chi connectivity index (χ2v) is 5.66. The molecule has 1 fully saturated rings. The molecule has 19 heavy (non-hydrogen) atoms. The molecule has 1 aliphatic heterocycles. The monoisotopic (exact) mass is 263 g/mol. The second kappa shape index (κ2) is 4.63. The van der Waals surface area contributed by atoms with Crippen molar-refractivity contribution in [2.45, 2.75) is 38.9 Å². The Morgan fingerprint density at radius 3 is 2.26 bits per heavy atom. The van der Waals surface area contributed by atoms with Crippen molar-refractivity contribution in [1.82, 2.24) is 0 Å². The zero-order valence-corrected chi connectivity index (χ0v) is 11.6. The summed E-state index contributed by atoms with van der Waals surface area (Å²) in [5.41, 5.74) is 2.63. The van der Waals surface area contributed by atoms with Gasteiger partial charge in [0.1, 0.15) is 0 Å². The highest BCUT2D eigenvalue weighted by molar-refractivity contribution is 6.62. The van der Waals surface area contributed by atoms with Crippen LogP contribution in [0.5, 0.6) is 0 Å². The number of benzene rings is 1. The number of carbonyl (C=O) groups is 1. The van der Waals surface area contributed by atoms with Gasteiger partial charge in [-0.25, -0.2) is 0 Å². The Morgan fingerprint density at radius 2 is 1.79 bits per heavy atom. The van der Waals surface area contributed by atoms with Gasteiger partial charge < -0.3 is 9.31 Å². The van der Waals surface area contributed by atoms with Crippen LogP contribution in [0, 0.1) is 0 Å². The largest absolute Gasteiger partial charge is 0.494 e. The SMILES string of the molecule is CC1(C)OB(c2ccc(C=O)c(NO)c2)OC1(C)C. The summed E-state index contributed by atoms with van der Waals surface area (Å²) in [6.07, 6.45) is 0.673. The topological polar surface area (TPSA) is 67.8 Å². The molecule has 0 aliphatic carbocycles. The molecule has 1 aromatic rings. The van der Waals surface area contributed by atoms with Crippen LogP contribution in [0.1, 0.15) is 38.1 Å². The normalized spacial score (nSPS) is 20.4. The summed E-state index contributed by atoms with van der Waals surface area (Å²) < 4.78 is 11.8. The van der Waals surface area contributed by atoms with Crippen LogP contribution in [-0.2, 0) is 9.31 Å². The molecule has 0 unspecified atom stereocenters. The van der Waals surface area contributed by atoms with Gasteiger partial charge in [-0.05, 0) is 45.3 Å². The summed E-state index contributed by atoms with van der Waals surface area (Å²) in [5.74, 6) is 0. The van der Waals surface area contributed by atoms with E-state index in [0.717, 1.165) is 5.46 Å². The third-order valence-electron chi connectivity index (χ3n) is 3.85. The van der Waals surface area contributed by atoms with Gasteiger partial charge in [0.25, 0.3) is 0 Å². The fraction of sp³-hybridized carbons (Fsp3) is 0.462. The first-order valence-electron chi connectivity index (χ1n) is 6.15.